The minimum absolute atomic E-state index is 0.0414. The van der Waals surface area contributed by atoms with Gasteiger partial charge in [-0.2, -0.15) is 4.83 Å². The van der Waals surface area contributed by atoms with E-state index in [4.69, 9.17) is 22.2 Å². The largest absolute Gasteiger partial charge is 0.495 e. The smallest absolute Gasteiger partial charge is 0.253 e. The Kier molecular flexibility index (Phi) is 5.42. The van der Waals surface area contributed by atoms with Gasteiger partial charge >= 0.3 is 0 Å². The molecule has 28 heavy (non-hydrogen) atoms. The maximum atomic E-state index is 12.9. The quantitative estimate of drug-likeness (QED) is 0.488. The second-order valence-corrected chi connectivity index (χ2v) is 9.45. The molecule has 1 aliphatic rings. The van der Waals surface area contributed by atoms with Crippen LogP contribution in [0.2, 0.25) is 5.02 Å². The second kappa shape index (κ2) is 7.36. The maximum absolute atomic E-state index is 12.9. The van der Waals surface area contributed by atoms with Crippen LogP contribution in [-0.4, -0.2) is 21.4 Å². The van der Waals surface area contributed by atoms with Crippen molar-refractivity contribution < 1.29 is 17.9 Å². The topological polar surface area (TPSA) is 111 Å². The summed E-state index contributed by atoms with van der Waals surface area (Å²) in [4.78, 5) is 14.8. The predicted octanol–water partition coefficient (Wildman–Crippen LogP) is 2.88. The Bertz CT molecular complexity index is 1010. The third kappa shape index (κ3) is 3.73. The molecule has 2 aromatic rings. The van der Waals surface area contributed by atoms with Crippen molar-refractivity contribution in [1.82, 2.24) is 4.83 Å². The molecule has 0 saturated heterocycles. The molecule has 1 aliphatic carbocycles. The van der Waals surface area contributed by atoms with Gasteiger partial charge in [-0.15, -0.1) is 0 Å². The Hall–Kier alpha value is -2.13. The lowest BCUT2D eigenvalue weighted by molar-refractivity contribution is -0.118. The van der Waals surface area contributed by atoms with Crippen LogP contribution in [0.4, 0.5) is 5.69 Å². The normalized spacial score (nSPS) is 20.5. The Balaban J connectivity index is 1.81. The van der Waals surface area contributed by atoms with Crippen molar-refractivity contribution in [2.45, 2.75) is 24.7 Å². The van der Waals surface area contributed by atoms with Gasteiger partial charge in [-0.3, -0.25) is 10.6 Å². The number of benzene rings is 2. The van der Waals surface area contributed by atoms with Gasteiger partial charge in [0, 0.05) is 10.9 Å². The second-order valence-electron chi connectivity index (χ2n) is 7.30. The summed E-state index contributed by atoms with van der Waals surface area (Å²) >= 11 is 6.03. The number of hydrazine groups is 1. The molecule has 1 amide bonds. The first-order chi connectivity index (χ1) is 13.1. The van der Waals surface area contributed by atoms with Gasteiger partial charge in [-0.25, -0.2) is 8.42 Å². The number of carbonyl (C=O) groups is 1. The van der Waals surface area contributed by atoms with E-state index in [0.29, 0.717) is 16.5 Å². The van der Waals surface area contributed by atoms with E-state index in [2.05, 4.69) is 5.32 Å². The number of rotatable bonds is 6. The molecule has 2 atom stereocenters. The van der Waals surface area contributed by atoms with Crippen molar-refractivity contribution >= 4 is 33.2 Å². The van der Waals surface area contributed by atoms with Crippen molar-refractivity contribution in [2.24, 2.45) is 17.2 Å². The number of nitrogens with two attached hydrogens (primary N) is 1. The van der Waals surface area contributed by atoms with Gasteiger partial charge in [0.15, 0.2) is 0 Å². The highest BCUT2D eigenvalue weighted by molar-refractivity contribution is 7.89. The van der Waals surface area contributed by atoms with Crippen LogP contribution in [0.15, 0.2) is 47.4 Å². The Morgan fingerprint density at radius 1 is 1.18 bits per heavy atom. The summed E-state index contributed by atoms with van der Waals surface area (Å²) in [6.07, 6.45) is 0. The summed E-state index contributed by atoms with van der Waals surface area (Å²) in [6.45, 7) is 4.01. The number of anilines is 1. The summed E-state index contributed by atoms with van der Waals surface area (Å²) in [5.41, 5.74) is 1.12. The average molecular weight is 424 g/mol. The van der Waals surface area contributed by atoms with Gasteiger partial charge in [0.25, 0.3) is 10.0 Å². The number of amides is 1. The van der Waals surface area contributed by atoms with Gasteiger partial charge in [0.2, 0.25) is 5.91 Å². The van der Waals surface area contributed by atoms with Gasteiger partial charge < -0.3 is 10.1 Å². The third-order valence-corrected chi connectivity index (χ3v) is 6.67. The molecule has 2 unspecified atom stereocenters. The standard InChI is InChI=1S/C19H22ClN3O4S/c1-19(2)16(11-4-7-13(8-5-11)28(25,26)23-21)17(19)18(24)22-14-10-12(20)6-9-15(14)27-3/h4-10,16-17,23H,21H2,1-3H3,(H,22,24). The number of ether oxygens (including phenoxy) is 1. The zero-order valence-corrected chi connectivity index (χ0v) is 17.3. The number of hydrogen-bond donors (Lipinski definition) is 3. The molecule has 3 rings (SSSR count). The van der Waals surface area contributed by atoms with Crippen LogP contribution in [0.3, 0.4) is 0 Å². The molecule has 0 aromatic heterocycles. The number of nitrogens with one attached hydrogen (secondary N) is 2. The lowest BCUT2D eigenvalue weighted by atomic mass is 10.0. The third-order valence-electron chi connectivity index (χ3n) is 5.23. The number of hydrogen-bond acceptors (Lipinski definition) is 5. The predicted molar refractivity (Wildman–Crippen MR) is 108 cm³/mol. The van der Waals surface area contributed by atoms with Crippen molar-refractivity contribution in [3.63, 3.8) is 0 Å². The zero-order valence-electron chi connectivity index (χ0n) is 15.7. The maximum Gasteiger partial charge on any atom is 0.253 e. The summed E-state index contributed by atoms with van der Waals surface area (Å²) in [5.74, 6) is 5.12. The summed E-state index contributed by atoms with van der Waals surface area (Å²) in [5, 5.41) is 3.39. The summed E-state index contributed by atoms with van der Waals surface area (Å²) in [6, 6.07) is 11.4. The van der Waals surface area contributed by atoms with Crippen LogP contribution < -0.4 is 20.7 Å². The van der Waals surface area contributed by atoms with Crippen LogP contribution in [0.25, 0.3) is 0 Å². The summed E-state index contributed by atoms with van der Waals surface area (Å²) < 4.78 is 28.8. The van der Waals surface area contributed by atoms with Crippen LogP contribution in [-0.2, 0) is 14.8 Å². The van der Waals surface area contributed by atoms with Gasteiger partial charge in [0.05, 0.1) is 23.6 Å². The molecular formula is C19H22ClN3O4S. The van der Waals surface area contributed by atoms with Gasteiger partial charge in [-0.1, -0.05) is 37.6 Å². The van der Waals surface area contributed by atoms with E-state index in [1.54, 1.807) is 35.2 Å². The first-order valence-corrected chi connectivity index (χ1v) is 10.4. The van der Waals surface area contributed by atoms with E-state index >= 15 is 0 Å². The van der Waals surface area contributed by atoms with Crippen LogP contribution in [0.1, 0.15) is 25.3 Å². The molecule has 0 heterocycles. The molecule has 150 valence electrons. The van der Waals surface area contributed by atoms with Crippen molar-refractivity contribution in [3.05, 3.63) is 53.1 Å². The number of sulfonamides is 1. The van der Waals surface area contributed by atoms with Crippen LogP contribution in [0, 0.1) is 11.3 Å². The number of methoxy groups -OCH3 is 1. The Morgan fingerprint density at radius 2 is 1.82 bits per heavy atom. The van der Waals surface area contributed by atoms with Crippen LogP contribution in [0.5, 0.6) is 5.75 Å². The molecule has 0 bridgehead atoms. The van der Waals surface area contributed by atoms with E-state index in [1.165, 1.54) is 19.2 Å². The Morgan fingerprint density at radius 3 is 2.39 bits per heavy atom. The fourth-order valence-corrected chi connectivity index (χ4v) is 4.46. The van der Waals surface area contributed by atoms with Crippen LogP contribution >= 0.6 is 11.6 Å². The first kappa shape index (κ1) is 20.6. The molecule has 1 fully saturated rings. The molecule has 0 radical (unpaired) electrons. The molecule has 9 heteroatoms. The first-order valence-electron chi connectivity index (χ1n) is 8.58. The fraction of sp³-hybridized carbons (Fsp3) is 0.316. The van der Waals surface area contributed by atoms with Crippen molar-refractivity contribution in [1.29, 1.82) is 0 Å². The lowest BCUT2D eigenvalue weighted by Crippen LogP contribution is -2.30. The molecule has 7 nitrogen and oxygen atoms in total. The van der Waals surface area contributed by atoms with E-state index in [9.17, 15) is 13.2 Å². The Labute approximate surface area is 169 Å². The number of carbonyl (C=O) groups excluding carboxylic acids is 1. The molecule has 0 spiro atoms. The molecule has 1 saturated carbocycles. The highest BCUT2D eigenvalue weighted by Gasteiger charge is 2.62. The highest BCUT2D eigenvalue weighted by Crippen LogP contribution is 2.64. The lowest BCUT2D eigenvalue weighted by Gasteiger charge is -2.11. The highest BCUT2D eigenvalue weighted by atomic mass is 35.5. The van der Waals surface area contributed by atoms with Crippen molar-refractivity contribution in [3.8, 4) is 5.75 Å². The molecular weight excluding hydrogens is 402 g/mol. The van der Waals surface area contributed by atoms with E-state index in [-0.39, 0.29) is 28.1 Å². The molecule has 0 aliphatic heterocycles. The minimum atomic E-state index is -3.71. The van der Waals surface area contributed by atoms with E-state index in [1.807, 2.05) is 13.8 Å². The van der Waals surface area contributed by atoms with E-state index in [0.717, 1.165) is 5.56 Å². The fourth-order valence-electron chi connectivity index (χ4n) is 3.66. The molecule has 4 N–H and O–H groups in total. The average Bonchev–Trinajstić information content (AvgIpc) is 3.24. The van der Waals surface area contributed by atoms with Gasteiger partial charge in [0.1, 0.15) is 5.75 Å². The zero-order chi connectivity index (χ0) is 20.7. The van der Waals surface area contributed by atoms with Gasteiger partial charge in [-0.05, 0) is 41.3 Å². The minimum Gasteiger partial charge on any atom is -0.495 e. The SMILES string of the molecule is COc1ccc(Cl)cc1NC(=O)C1C(c2ccc(S(=O)(=O)NN)cc2)C1(C)C. The van der Waals surface area contributed by atoms with E-state index < -0.39 is 10.0 Å². The van der Waals surface area contributed by atoms with Crippen molar-refractivity contribution in [2.75, 3.05) is 12.4 Å². The molecule has 2 aromatic carbocycles. The summed E-state index contributed by atoms with van der Waals surface area (Å²) in [7, 11) is -2.19. The number of halogens is 1. The monoisotopic (exact) mass is 423 g/mol.